The van der Waals surface area contributed by atoms with E-state index in [2.05, 4.69) is 20.8 Å². The van der Waals surface area contributed by atoms with Crippen molar-refractivity contribution in [2.45, 2.75) is 46.5 Å². The molecule has 0 unspecified atom stereocenters. The summed E-state index contributed by atoms with van der Waals surface area (Å²) in [6.07, 6.45) is 3.40. The van der Waals surface area contributed by atoms with Crippen LogP contribution < -0.4 is 0 Å². The molecule has 3 nitrogen and oxygen atoms in total. The molecule has 3 heteroatoms. The van der Waals surface area contributed by atoms with Gasteiger partial charge in [-0.3, -0.25) is 9.59 Å². The van der Waals surface area contributed by atoms with E-state index in [-0.39, 0.29) is 23.2 Å². The lowest BCUT2D eigenvalue weighted by Gasteiger charge is -2.45. The van der Waals surface area contributed by atoms with Crippen molar-refractivity contribution in [3.8, 4) is 0 Å². The van der Waals surface area contributed by atoms with Gasteiger partial charge in [-0.25, -0.2) is 0 Å². The molecule has 2 aliphatic carbocycles. The normalized spacial score (nSPS) is 39.8. The Hall–Kier alpha value is -0.860. The summed E-state index contributed by atoms with van der Waals surface area (Å²) in [5, 5.41) is 0. The lowest BCUT2D eigenvalue weighted by atomic mass is 9.58. The van der Waals surface area contributed by atoms with Crippen LogP contribution in [-0.2, 0) is 14.3 Å². The smallest absolute Gasteiger partial charge is 0.309 e. The second kappa shape index (κ2) is 4.67. The summed E-state index contributed by atoms with van der Waals surface area (Å²) < 4.78 is 5.01. The number of Topliss-reactive ketones (excluding diaryl/α,β-unsaturated/α-hetero) is 1. The van der Waals surface area contributed by atoms with E-state index in [9.17, 15) is 9.59 Å². The van der Waals surface area contributed by atoms with Gasteiger partial charge in [0.2, 0.25) is 0 Å². The average Bonchev–Trinajstić information content (AvgIpc) is 2.63. The number of hydrogen-bond acceptors (Lipinski definition) is 3. The maximum atomic E-state index is 12.1. The number of rotatable bonds is 2. The van der Waals surface area contributed by atoms with E-state index in [1.54, 1.807) is 0 Å². The van der Waals surface area contributed by atoms with Crippen molar-refractivity contribution in [1.82, 2.24) is 0 Å². The molecule has 102 valence electrons. The van der Waals surface area contributed by atoms with E-state index in [4.69, 9.17) is 4.74 Å². The highest BCUT2D eigenvalue weighted by atomic mass is 16.5. The van der Waals surface area contributed by atoms with Crippen LogP contribution in [0.5, 0.6) is 0 Å². The molecule has 0 aromatic heterocycles. The second-order valence-corrected chi connectivity index (χ2v) is 6.48. The van der Waals surface area contributed by atoms with Crippen molar-refractivity contribution in [3.05, 3.63) is 0 Å². The van der Waals surface area contributed by atoms with Gasteiger partial charge >= 0.3 is 5.97 Å². The topological polar surface area (TPSA) is 43.4 Å². The molecule has 0 amide bonds. The fourth-order valence-electron chi connectivity index (χ4n) is 4.17. The van der Waals surface area contributed by atoms with Crippen LogP contribution in [-0.4, -0.2) is 18.9 Å². The predicted octanol–water partition coefficient (Wildman–Crippen LogP) is 2.83. The Morgan fingerprint density at radius 2 is 2.06 bits per heavy atom. The molecule has 4 atom stereocenters. The molecule has 2 rings (SSSR count). The van der Waals surface area contributed by atoms with Crippen LogP contribution in [0.15, 0.2) is 0 Å². The van der Waals surface area contributed by atoms with E-state index in [0.717, 1.165) is 19.3 Å². The molecule has 0 bridgehead atoms. The van der Waals surface area contributed by atoms with Crippen molar-refractivity contribution in [1.29, 1.82) is 0 Å². The molecular formula is C15H24O3. The quantitative estimate of drug-likeness (QED) is 0.710. The zero-order valence-corrected chi connectivity index (χ0v) is 11.9. The van der Waals surface area contributed by atoms with Crippen LogP contribution in [0.3, 0.4) is 0 Å². The Kier molecular flexibility index (Phi) is 3.52. The first-order valence-corrected chi connectivity index (χ1v) is 7.03. The molecule has 2 fully saturated rings. The third kappa shape index (κ3) is 1.88. The van der Waals surface area contributed by atoms with Crippen molar-refractivity contribution in [3.63, 3.8) is 0 Å². The minimum absolute atomic E-state index is 0.0831. The molecule has 18 heavy (non-hydrogen) atoms. The Balaban J connectivity index is 2.33. The molecule has 0 aromatic carbocycles. The third-order valence-corrected chi connectivity index (χ3v) is 5.36. The van der Waals surface area contributed by atoms with Gasteiger partial charge in [0.15, 0.2) is 0 Å². The number of carbonyl (C=O) groups is 2. The zero-order chi connectivity index (χ0) is 13.5. The molecule has 0 radical (unpaired) electrons. The SMILES string of the molecule is COC(=O)[C@@H]1[C@H](C(C)C)CC[C@@]2(C)C(=O)CC[C@@H]12. The predicted molar refractivity (Wildman–Crippen MR) is 68.9 cm³/mol. The van der Waals surface area contributed by atoms with E-state index in [1.807, 2.05) is 0 Å². The standard InChI is InChI=1S/C15H24O3/c1-9(2)10-7-8-15(3)11(5-6-12(15)16)13(10)14(17)18-4/h9-11,13H,5-8H2,1-4H3/t10-,11-,13+,15+/m0/s1. The highest BCUT2D eigenvalue weighted by molar-refractivity contribution is 5.88. The van der Waals surface area contributed by atoms with Gasteiger partial charge in [-0.2, -0.15) is 0 Å². The molecule has 2 aliphatic rings. The number of fused-ring (bicyclic) bond motifs is 1. The number of ketones is 1. The Morgan fingerprint density at radius 3 is 2.61 bits per heavy atom. The molecule has 0 spiro atoms. The number of esters is 1. The first kappa shape index (κ1) is 13.6. The highest BCUT2D eigenvalue weighted by Gasteiger charge is 2.56. The summed E-state index contributed by atoms with van der Waals surface area (Å²) in [5.74, 6) is 1.18. The molecule has 0 aromatic rings. The van der Waals surface area contributed by atoms with Gasteiger partial charge in [-0.15, -0.1) is 0 Å². The van der Waals surface area contributed by atoms with E-state index < -0.39 is 0 Å². The summed E-state index contributed by atoms with van der Waals surface area (Å²) in [5.41, 5.74) is -0.274. The van der Waals surface area contributed by atoms with Gasteiger partial charge in [0, 0.05) is 11.8 Å². The van der Waals surface area contributed by atoms with Gasteiger partial charge in [0.1, 0.15) is 5.78 Å². The van der Waals surface area contributed by atoms with Gasteiger partial charge in [0.05, 0.1) is 13.0 Å². The molecule has 0 aliphatic heterocycles. The molecule has 2 saturated carbocycles. The van der Waals surface area contributed by atoms with Crippen molar-refractivity contribution < 1.29 is 14.3 Å². The summed E-state index contributed by atoms with van der Waals surface area (Å²) in [7, 11) is 1.46. The largest absolute Gasteiger partial charge is 0.469 e. The van der Waals surface area contributed by atoms with Crippen LogP contribution in [0.2, 0.25) is 0 Å². The molecule has 0 heterocycles. The van der Waals surface area contributed by atoms with Gasteiger partial charge < -0.3 is 4.74 Å². The van der Waals surface area contributed by atoms with Crippen molar-refractivity contribution >= 4 is 11.8 Å². The average molecular weight is 252 g/mol. The van der Waals surface area contributed by atoms with Crippen LogP contribution in [0, 0.1) is 29.1 Å². The lowest BCUT2D eigenvalue weighted by Crippen LogP contribution is -2.46. The molecule has 0 saturated heterocycles. The lowest BCUT2D eigenvalue weighted by molar-refractivity contribution is -0.157. The Labute approximate surface area is 109 Å². The third-order valence-electron chi connectivity index (χ3n) is 5.36. The fraction of sp³-hybridized carbons (Fsp3) is 0.867. The number of carbonyl (C=O) groups excluding carboxylic acids is 2. The highest BCUT2D eigenvalue weighted by Crippen LogP contribution is 2.55. The van der Waals surface area contributed by atoms with Gasteiger partial charge in [-0.05, 0) is 37.0 Å². The fourth-order valence-corrected chi connectivity index (χ4v) is 4.17. The maximum absolute atomic E-state index is 12.1. The van der Waals surface area contributed by atoms with Gasteiger partial charge in [0.25, 0.3) is 0 Å². The van der Waals surface area contributed by atoms with Crippen molar-refractivity contribution in [2.75, 3.05) is 7.11 Å². The van der Waals surface area contributed by atoms with E-state index >= 15 is 0 Å². The second-order valence-electron chi connectivity index (χ2n) is 6.48. The van der Waals surface area contributed by atoms with Crippen LogP contribution in [0.4, 0.5) is 0 Å². The summed E-state index contributed by atoms with van der Waals surface area (Å²) in [6.45, 7) is 6.39. The van der Waals surface area contributed by atoms with E-state index in [1.165, 1.54) is 7.11 Å². The zero-order valence-electron chi connectivity index (χ0n) is 11.9. The Bertz CT molecular complexity index is 361. The summed E-state index contributed by atoms with van der Waals surface area (Å²) in [4.78, 5) is 24.3. The van der Waals surface area contributed by atoms with Crippen LogP contribution in [0.1, 0.15) is 46.5 Å². The monoisotopic (exact) mass is 252 g/mol. The van der Waals surface area contributed by atoms with Crippen molar-refractivity contribution in [2.24, 2.45) is 29.1 Å². The minimum Gasteiger partial charge on any atom is -0.469 e. The minimum atomic E-state index is -0.274. The first-order valence-electron chi connectivity index (χ1n) is 7.03. The number of methoxy groups -OCH3 is 1. The molecule has 0 N–H and O–H groups in total. The summed E-state index contributed by atoms with van der Waals surface area (Å²) in [6, 6.07) is 0. The molecular weight excluding hydrogens is 228 g/mol. The first-order chi connectivity index (χ1) is 8.41. The Morgan fingerprint density at radius 1 is 1.39 bits per heavy atom. The number of ether oxygens (including phenoxy) is 1. The van der Waals surface area contributed by atoms with E-state index in [0.29, 0.717) is 24.0 Å². The van der Waals surface area contributed by atoms with Crippen LogP contribution >= 0.6 is 0 Å². The summed E-state index contributed by atoms with van der Waals surface area (Å²) >= 11 is 0. The van der Waals surface area contributed by atoms with Gasteiger partial charge in [-0.1, -0.05) is 20.8 Å². The number of hydrogen-bond donors (Lipinski definition) is 0. The maximum Gasteiger partial charge on any atom is 0.309 e. The van der Waals surface area contributed by atoms with Crippen LogP contribution in [0.25, 0.3) is 0 Å².